The molecule has 3 heteroatoms. The van der Waals surface area contributed by atoms with E-state index in [0.717, 1.165) is 0 Å². The van der Waals surface area contributed by atoms with Crippen molar-refractivity contribution in [1.29, 1.82) is 0 Å². The Morgan fingerprint density at radius 3 is 1.47 bits per heavy atom. The molecule has 0 aliphatic rings. The van der Waals surface area contributed by atoms with Gasteiger partial charge in [0, 0.05) is 29.7 Å². The molecule has 0 spiro atoms. The summed E-state index contributed by atoms with van der Waals surface area (Å²) in [7, 11) is 0. The molecule has 3 unspecified atom stereocenters. The predicted molar refractivity (Wildman–Crippen MR) is 187 cm³/mol. The molecule has 4 aromatic rings. The van der Waals surface area contributed by atoms with Crippen molar-refractivity contribution < 1.29 is 14.3 Å². The molecule has 3 nitrogen and oxygen atoms in total. The number of benzene rings is 4. The van der Waals surface area contributed by atoms with Crippen molar-refractivity contribution in [2.45, 2.75) is 90.8 Å². The average molecular weight is 603 g/mol. The van der Waals surface area contributed by atoms with Crippen LogP contribution in [0.2, 0.25) is 0 Å². The first-order chi connectivity index (χ1) is 21.3. The van der Waals surface area contributed by atoms with E-state index in [1.165, 1.54) is 38.9 Å². The molecule has 0 fully saturated rings. The third-order valence-corrected chi connectivity index (χ3v) is 9.04. The van der Waals surface area contributed by atoms with E-state index in [-0.39, 0.29) is 23.7 Å². The van der Waals surface area contributed by atoms with Crippen molar-refractivity contribution in [1.82, 2.24) is 0 Å². The first-order valence-corrected chi connectivity index (χ1v) is 16.2. The molecule has 3 atom stereocenters. The minimum absolute atomic E-state index is 0.140. The highest BCUT2D eigenvalue weighted by Gasteiger charge is 2.34. The summed E-state index contributed by atoms with van der Waals surface area (Å²) in [5.74, 6) is 0.125. The van der Waals surface area contributed by atoms with Crippen LogP contribution < -0.4 is 0 Å². The summed E-state index contributed by atoms with van der Waals surface area (Å²) in [6.45, 7) is 21.0. The highest BCUT2D eigenvalue weighted by atomic mass is 16.6. The lowest BCUT2D eigenvalue weighted by Gasteiger charge is -2.36. The number of carbonyl (C=O) groups is 1. The Morgan fingerprint density at radius 2 is 1.07 bits per heavy atom. The zero-order valence-corrected chi connectivity index (χ0v) is 28.4. The zero-order valence-electron chi connectivity index (χ0n) is 28.4. The second kappa shape index (κ2) is 14.4. The number of esters is 1. The van der Waals surface area contributed by atoms with Gasteiger partial charge in [0.25, 0.3) is 0 Å². The van der Waals surface area contributed by atoms with Gasteiger partial charge in [-0.1, -0.05) is 130 Å². The monoisotopic (exact) mass is 602 g/mol. The standard InChI is InChI=1S/C42H50O3/c1-29(2)40(43)45-41(6,7)25-26-44-42(8,9)39-37(31(4)34-21-15-11-16-22-34)27-36(30(3)33-19-13-10-14-20-33)28-38(39)32(5)35-23-17-12-18-24-35/h10-24,27-28,30-32H,1,25-26H2,2-9H3. The molecule has 0 saturated carbocycles. The lowest BCUT2D eigenvalue weighted by atomic mass is 9.74. The number of hydrogen-bond donors (Lipinski definition) is 0. The quantitative estimate of drug-likeness (QED) is 0.113. The molecular formula is C42H50O3. The second-order valence-electron chi connectivity index (χ2n) is 13.5. The van der Waals surface area contributed by atoms with E-state index in [0.29, 0.717) is 18.6 Å². The summed E-state index contributed by atoms with van der Waals surface area (Å²) in [6, 6.07) is 37.0. The summed E-state index contributed by atoms with van der Waals surface area (Å²) in [6.07, 6.45) is 0.561. The zero-order chi connectivity index (χ0) is 32.8. The van der Waals surface area contributed by atoms with Crippen molar-refractivity contribution in [2.75, 3.05) is 6.61 Å². The van der Waals surface area contributed by atoms with Gasteiger partial charge in [-0.15, -0.1) is 0 Å². The predicted octanol–water partition coefficient (Wildman–Crippen LogP) is 10.7. The lowest BCUT2D eigenvalue weighted by molar-refractivity contribution is -0.154. The van der Waals surface area contributed by atoms with E-state index in [1.807, 2.05) is 13.8 Å². The Labute approximate surface area is 271 Å². The van der Waals surface area contributed by atoms with Gasteiger partial charge in [0.1, 0.15) is 5.60 Å². The molecule has 45 heavy (non-hydrogen) atoms. The van der Waals surface area contributed by atoms with E-state index < -0.39 is 11.2 Å². The van der Waals surface area contributed by atoms with Crippen molar-refractivity contribution in [2.24, 2.45) is 0 Å². The first kappa shape index (κ1) is 33.9. The third kappa shape index (κ3) is 8.41. The highest BCUT2D eigenvalue weighted by molar-refractivity contribution is 5.87. The smallest absolute Gasteiger partial charge is 0.333 e. The normalized spacial score (nSPS) is 14.0. The lowest BCUT2D eigenvalue weighted by Crippen LogP contribution is -2.33. The van der Waals surface area contributed by atoms with Crippen LogP contribution in [0, 0.1) is 0 Å². The molecule has 0 aliphatic carbocycles. The summed E-state index contributed by atoms with van der Waals surface area (Å²) >= 11 is 0. The van der Waals surface area contributed by atoms with Crippen molar-refractivity contribution in [3.05, 3.63) is 154 Å². The molecule has 0 amide bonds. The molecule has 4 rings (SSSR count). The van der Waals surface area contributed by atoms with E-state index in [2.05, 4.69) is 144 Å². The maximum atomic E-state index is 12.3. The van der Waals surface area contributed by atoms with Crippen LogP contribution in [0.1, 0.15) is 119 Å². The molecule has 236 valence electrons. The van der Waals surface area contributed by atoms with E-state index >= 15 is 0 Å². The largest absolute Gasteiger partial charge is 0.456 e. The Bertz CT molecular complexity index is 1500. The number of ether oxygens (including phenoxy) is 2. The van der Waals surface area contributed by atoms with Crippen LogP contribution in [-0.4, -0.2) is 18.2 Å². The van der Waals surface area contributed by atoms with Gasteiger partial charge < -0.3 is 9.47 Å². The molecular weight excluding hydrogens is 552 g/mol. The van der Waals surface area contributed by atoms with Crippen LogP contribution in [0.25, 0.3) is 0 Å². The van der Waals surface area contributed by atoms with Gasteiger partial charge in [-0.25, -0.2) is 4.79 Å². The summed E-state index contributed by atoms with van der Waals surface area (Å²) in [5.41, 5.74) is 7.99. The fraction of sp³-hybridized carbons (Fsp3) is 0.357. The highest BCUT2D eigenvalue weighted by Crippen LogP contribution is 2.44. The summed E-state index contributed by atoms with van der Waals surface area (Å²) in [4.78, 5) is 12.3. The van der Waals surface area contributed by atoms with Crippen LogP contribution in [0.3, 0.4) is 0 Å². The fourth-order valence-electron chi connectivity index (χ4n) is 6.13. The summed E-state index contributed by atoms with van der Waals surface area (Å²) in [5, 5.41) is 0. The van der Waals surface area contributed by atoms with Crippen molar-refractivity contribution in [3.63, 3.8) is 0 Å². The van der Waals surface area contributed by atoms with Gasteiger partial charge in [0.2, 0.25) is 0 Å². The minimum Gasteiger partial charge on any atom is -0.456 e. The Balaban J connectivity index is 1.85. The molecule has 0 aliphatic heterocycles. The third-order valence-electron chi connectivity index (χ3n) is 9.04. The van der Waals surface area contributed by atoms with Gasteiger partial charge in [-0.3, -0.25) is 0 Å². The Hall–Kier alpha value is -3.95. The SMILES string of the molecule is C=C(C)C(=O)OC(C)(C)CCOC(C)(C)c1c(C(C)c2ccccc2)cc(C(C)c2ccccc2)cc1C(C)c1ccccc1. The van der Waals surface area contributed by atoms with Gasteiger partial charge >= 0.3 is 5.97 Å². The molecule has 0 bridgehead atoms. The number of rotatable bonds is 13. The van der Waals surface area contributed by atoms with Crippen molar-refractivity contribution >= 4 is 5.97 Å². The van der Waals surface area contributed by atoms with Crippen LogP contribution >= 0.6 is 0 Å². The number of hydrogen-bond acceptors (Lipinski definition) is 3. The van der Waals surface area contributed by atoms with E-state index in [4.69, 9.17) is 9.47 Å². The summed E-state index contributed by atoms with van der Waals surface area (Å²) < 4.78 is 12.5. The van der Waals surface area contributed by atoms with Crippen LogP contribution in [-0.2, 0) is 19.9 Å². The minimum atomic E-state index is -0.679. The molecule has 4 aromatic carbocycles. The van der Waals surface area contributed by atoms with Gasteiger partial charge in [0.05, 0.1) is 12.2 Å². The van der Waals surface area contributed by atoms with Gasteiger partial charge in [0.15, 0.2) is 0 Å². The molecule has 0 saturated heterocycles. The molecule has 0 aromatic heterocycles. The second-order valence-corrected chi connectivity index (χ2v) is 13.5. The Kier molecular flexibility index (Phi) is 10.9. The van der Waals surface area contributed by atoms with Crippen LogP contribution in [0.5, 0.6) is 0 Å². The topological polar surface area (TPSA) is 35.5 Å². The van der Waals surface area contributed by atoms with Crippen LogP contribution in [0.4, 0.5) is 0 Å². The fourth-order valence-corrected chi connectivity index (χ4v) is 6.13. The van der Waals surface area contributed by atoms with E-state index in [9.17, 15) is 4.79 Å². The maximum absolute atomic E-state index is 12.3. The first-order valence-electron chi connectivity index (χ1n) is 16.2. The van der Waals surface area contributed by atoms with E-state index in [1.54, 1.807) is 6.92 Å². The molecule has 0 heterocycles. The molecule has 0 N–H and O–H groups in total. The van der Waals surface area contributed by atoms with Gasteiger partial charge in [-0.05, 0) is 73.6 Å². The van der Waals surface area contributed by atoms with Crippen molar-refractivity contribution in [3.8, 4) is 0 Å². The Morgan fingerprint density at radius 1 is 0.667 bits per heavy atom. The average Bonchev–Trinajstić information content (AvgIpc) is 3.03. The maximum Gasteiger partial charge on any atom is 0.333 e. The van der Waals surface area contributed by atoms with Gasteiger partial charge in [-0.2, -0.15) is 0 Å². The van der Waals surface area contributed by atoms with Crippen LogP contribution in [0.15, 0.2) is 115 Å². The molecule has 0 radical (unpaired) electrons. The number of carbonyl (C=O) groups excluding carboxylic acids is 1.